The predicted octanol–water partition coefficient (Wildman–Crippen LogP) is 1.85. The van der Waals surface area contributed by atoms with Gasteiger partial charge in [-0.15, -0.1) is 0 Å². The molecule has 0 amide bonds. The second-order valence-electron chi connectivity index (χ2n) is 3.56. The van der Waals surface area contributed by atoms with Crippen LogP contribution in [0.1, 0.15) is 17.4 Å². The molecule has 4 nitrogen and oxygen atoms in total. The highest BCUT2D eigenvalue weighted by Crippen LogP contribution is 2.26. The van der Waals surface area contributed by atoms with Gasteiger partial charge in [-0.2, -0.15) is 0 Å². The van der Waals surface area contributed by atoms with Gasteiger partial charge in [0.25, 0.3) is 0 Å². The lowest BCUT2D eigenvalue weighted by molar-refractivity contribution is 0.206. The summed E-state index contributed by atoms with van der Waals surface area (Å²) in [6.45, 7) is 0. The molecule has 0 radical (unpaired) electrons. The third kappa shape index (κ3) is 2.43. The number of hydrogen-bond donors (Lipinski definition) is 1. The van der Waals surface area contributed by atoms with Crippen LogP contribution in [0.5, 0.6) is 5.88 Å². The SMILES string of the molecule is COc1nccnc1C(O)c1cc(F)cc(F)c1. The molecule has 94 valence electrons. The predicted molar refractivity (Wildman–Crippen MR) is 59.0 cm³/mol. The molecule has 1 aromatic heterocycles. The minimum Gasteiger partial charge on any atom is -0.480 e. The van der Waals surface area contributed by atoms with Gasteiger partial charge in [-0.3, -0.25) is 4.98 Å². The molecule has 0 saturated heterocycles. The number of ether oxygens (including phenoxy) is 1. The maximum Gasteiger partial charge on any atom is 0.238 e. The van der Waals surface area contributed by atoms with E-state index in [4.69, 9.17) is 4.74 Å². The van der Waals surface area contributed by atoms with Crippen LogP contribution in [0, 0.1) is 11.6 Å². The van der Waals surface area contributed by atoms with Crippen LogP contribution < -0.4 is 4.74 Å². The van der Waals surface area contributed by atoms with E-state index in [0.29, 0.717) is 0 Å². The normalized spacial score (nSPS) is 12.2. The number of hydrogen-bond acceptors (Lipinski definition) is 4. The molecule has 0 saturated carbocycles. The fourth-order valence-electron chi connectivity index (χ4n) is 1.57. The van der Waals surface area contributed by atoms with E-state index < -0.39 is 17.7 Å². The van der Waals surface area contributed by atoms with Crippen LogP contribution in [0.3, 0.4) is 0 Å². The molecule has 1 aromatic carbocycles. The summed E-state index contributed by atoms with van der Waals surface area (Å²) in [5, 5.41) is 10.0. The summed E-state index contributed by atoms with van der Waals surface area (Å²) in [6, 6.07) is 2.79. The summed E-state index contributed by atoms with van der Waals surface area (Å²) < 4.78 is 31.1. The largest absolute Gasteiger partial charge is 0.480 e. The Labute approximate surface area is 102 Å². The van der Waals surface area contributed by atoms with Crippen LogP contribution in [0.4, 0.5) is 8.78 Å². The Bertz CT molecular complexity index is 543. The van der Waals surface area contributed by atoms with Gasteiger partial charge in [-0.1, -0.05) is 0 Å². The topological polar surface area (TPSA) is 55.2 Å². The van der Waals surface area contributed by atoms with E-state index >= 15 is 0 Å². The monoisotopic (exact) mass is 252 g/mol. The number of methoxy groups -OCH3 is 1. The number of benzene rings is 1. The van der Waals surface area contributed by atoms with Gasteiger partial charge in [0.1, 0.15) is 23.4 Å². The summed E-state index contributed by atoms with van der Waals surface area (Å²) in [6.07, 6.45) is 1.44. The highest BCUT2D eigenvalue weighted by Gasteiger charge is 2.19. The van der Waals surface area contributed by atoms with E-state index in [-0.39, 0.29) is 17.1 Å². The van der Waals surface area contributed by atoms with Crippen molar-refractivity contribution in [1.82, 2.24) is 9.97 Å². The zero-order valence-electron chi connectivity index (χ0n) is 9.47. The van der Waals surface area contributed by atoms with Crippen molar-refractivity contribution in [2.75, 3.05) is 7.11 Å². The summed E-state index contributed by atoms with van der Waals surface area (Å²) in [7, 11) is 1.37. The average Bonchev–Trinajstić information content (AvgIpc) is 2.36. The lowest BCUT2D eigenvalue weighted by Gasteiger charge is -2.13. The fraction of sp³-hybridized carbons (Fsp3) is 0.167. The Kier molecular flexibility index (Phi) is 3.47. The molecule has 1 unspecified atom stereocenters. The van der Waals surface area contributed by atoms with Crippen molar-refractivity contribution in [3.63, 3.8) is 0 Å². The number of aliphatic hydroxyl groups excluding tert-OH is 1. The number of nitrogens with zero attached hydrogens (tertiary/aromatic N) is 2. The maximum atomic E-state index is 13.1. The second kappa shape index (κ2) is 5.05. The van der Waals surface area contributed by atoms with Crippen molar-refractivity contribution in [3.8, 4) is 5.88 Å². The van der Waals surface area contributed by atoms with Gasteiger partial charge in [0.2, 0.25) is 5.88 Å². The highest BCUT2D eigenvalue weighted by atomic mass is 19.1. The molecule has 0 aliphatic heterocycles. The summed E-state index contributed by atoms with van der Waals surface area (Å²) in [5.74, 6) is -1.44. The van der Waals surface area contributed by atoms with E-state index in [1.165, 1.54) is 19.5 Å². The summed E-state index contributed by atoms with van der Waals surface area (Å²) in [5.41, 5.74) is 0.149. The van der Waals surface area contributed by atoms with Gasteiger partial charge >= 0.3 is 0 Å². The van der Waals surface area contributed by atoms with Crippen molar-refractivity contribution in [3.05, 3.63) is 53.5 Å². The van der Waals surface area contributed by atoms with Crippen LogP contribution in [0.25, 0.3) is 0 Å². The lowest BCUT2D eigenvalue weighted by atomic mass is 10.1. The quantitative estimate of drug-likeness (QED) is 0.905. The Hall–Kier alpha value is -2.08. The van der Waals surface area contributed by atoms with E-state index in [0.717, 1.165) is 18.2 Å². The second-order valence-corrected chi connectivity index (χ2v) is 3.56. The number of aliphatic hydroxyl groups is 1. The van der Waals surface area contributed by atoms with Crippen LogP contribution in [0.15, 0.2) is 30.6 Å². The van der Waals surface area contributed by atoms with Crippen molar-refractivity contribution < 1.29 is 18.6 Å². The average molecular weight is 252 g/mol. The van der Waals surface area contributed by atoms with Crippen molar-refractivity contribution in [2.45, 2.75) is 6.10 Å². The summed E-state index contributed by atoms with van der Waals surface area (Å²) >= 11 is 0. The molecule has 18 heavy (non-hydrogen) atoms. The molecule has 2 rings (SSSR count). The molecular formula is C12H10F2N2O2. The molecule has 0 aliphatic rings. The van der Waals surface area contributed by atoms with Crippen molar-refractivity contribution in [2.24, 2.45) is 0 Å². The van der Waals surface area contributed by atoms with Crippen LogP contribution in [0.2, 0.25) is 0 Å². The van der Waals surface area contributed by atoms with Crippen LogP contribution in [-0.2, 0) is 0 Å². The molecule has 6 heteroatoms. The highest BCUT2D eigenvalue weighted by molar-refractivity contribution is 5.31. The standard InChI is InChI=1S/C12H10F2N2O2/c1-18-12-10(15-2-3-16-12)11(17)7-4-8(13)6-9(14)5-7/h2-6,11,17H,1H3. The van der Waals surface area contributed by atoms with E-state index in [1.54, 1.807) is 0 Å². The first-order valence-corrected chi connectivity index (χ1v) is 5.10. The molecular weight excluding hydrogens is 242 g/mol. The molecule has 0 bridgehead atoms. The molecule has 1 N–H and O–H groups in total. The first-order valence-electron chi connectivity index (χ1n) is 5.10. The van der Waals surface area contributed by atoms with Gasteiger partial charge < -0.3 is 9.84 Å². The molecule has 0 fully saturated rings. The first-order chi connectivity index (χ1) is 8.61. The van der Waals surface area contributed by atoms with E-state index in [1.807, 2.05) is 0 Å². The maximum absolute atomic E-state index is 13.1. The first kappa shape index (κ1) is 12.4. The smallest absolute Gasteiger partial charge is 0.238 e. The molecule has 0 aliphatic carbocycles. The molecule has 1 atom stereocenters. The van der Waals surface area contributed by atoms with Crippen molar-refractivity contribution in [1.29, 1.82) is 0 Å². The van der Waals surface area contributed by atoms with E-state index in [2.05, 4.69) is 9.97 Å². The fourth-order valence-corrected chi connectivity index (χ4v) is 1.57. The van der Waals surface area contributed by atoms with Crippen LogP contribution in [-0.4, -0.2) is 22.2 Å². The minimum absolute atomic E-state index is 0.0475. The van der Waals surface area contributed by atoms with E-state index in [9.17, 15) is 13.9 Å². The third-order valence-electron chi connectivity index (χ3n) is 2.34. The van der Waals surface area contributed by atoms with Gasteiger partial charge in [-0.25, -0.2) is 13.8 Å². The van der Waals surface area contributed by atoms with Gasteiger partial charge in [0.15, 0.2) is 0 Å². The van der Waals surface area contributed by atoms with Gasteiger partial charge in [0.05, 0.1) is 7.11 Å². The Balaban J connectivity index is 2.44. The third-order valence-corrected chi connectivity index (χ3v) is 2.34. The lowest BCUT2D eigenvalue weighted by Crippen LogP contribution is -2.07. The van der Waals surface area contributed by atoms with Gasteiger partial charge in [-0.05, 0) is 17.7 Å². The van der Waals surface area contributed by atoms with Crippen molar-refractivity contribution >= 4 is 0 Å². The minimum atomic E-state index is -1.31. The number of rotatable bonds is 3. The Morgan fingerprint density at radius 3 is 2.33 bits per heavy atom. The Morgan fingerprint density at radius 1 is 1.11 bits per heavy atom. The Morgan fingerprint density at radius 2 is 1.72 bits per heavy atom. The van der Waals surface area contributed by atoms with Crippen LogP contribution >= 0.6 is 0 Å². The zero-order valence-corrected chi connectivity index (χ0v) is 9.47. The molecule has 2 aromatic rings. The number of aromatic nitrogens is 2. The molecule has 0 spiro atoms. The van der Waals surface area contributed by atoms with Gasteiger partial charge in [0, 0.05) is 18.5 Å². The zero-order chi connectivity index (χ0) is 13.1. The molecule has 1 heterocycles. The summed E-state index contributed by atoms with van der Waals surface area (Å²) in [4.78, 5) is 7.76. The number of halogens is 2.